The number of thioether (sulfide) groups is 1. The van der Waals surface area contributed by atoms with Crippen LogP contribution in [-0.4, -0.2) is 24.7 Å². The molecule has 4 rings (SSSR count). The van der Waals surface area contributed by atoms with E-state index in [-0.39, 0.29) is 0 Å². The molecule has 0 fully saturated rings. The van der Waals surface area contributed by atoms with Crippen LogP contribution in [0.15, 0.2) is 72.8 Å². The highest BCUT2D eigenvalue weighted by Gasteiger charge is 2.15. The predicted molar refractivity (Wildman–Crippen MR) is 110 cm³/mol. The molecule has 1 aromatic carbocycles. The smallest absolute Gasteiger partial charge is 0.192 e. The quantitative estimate of drug-likeness (QED) is 0.340. The van der Waals surface area contributed by atoms with E-state index in [1.54, 1.807) is 30.4 Å². The molecule has 0 unspecified atom stereocenters. The zero-order valence-corrected chi connectivity index (χ0v) is 16.0. The summed E-state index contributed by atoms with van der Waals surface area (Å²) in [6, 6.07) is 11.7. The maximum absolute atomic E-state index is 6.45. The van der Waals surface area contributed by atoms with Gasteiger partial charge in [0.05, 0.1) is 5.52 Å². The van der Waals surface area contributed by atoms with Crippen LogP contribution in [0, 0.1) is 0 Å². The minimum absolute atomic E-state index is 0.620. The lowest BCUT2D eigenvalue weighted by molar-refractivity contribution is 0.731. The summed E-state index contributed by atoms with van der Waals surface area (Å²) < 4.78 is 2.04. The van der Waals surface area contributed by atoms with Crippen LogP contribution >= 0.6 is 23.4 Å². The van der Waals surface area contributed by atoms with Gasteiger partial charge in [0.25, 0.3) is 0 Å². The molecule has 0 aliphatic rings. The molecule has 0 saturated carbocycles. The number of hydrogen-bond acceptors (Lipinski definition) is 5. The topological polar surface area (TPSA) is 56.5 Å². The molecule has 0 spiro atoms. The van der Waals surface area contributed by atoms with Crippen LogP contribution in [0.2, 0.25) is 5.02 Å². The molecule has 0 saturated heterocycles. The van der Waals surface area contributed by atoms with Crippen molar-refractivity contribution in [3.8, 4) is 11.4 Å². The second kappa shape index (κ2) is 7.90. The fraction of sp³-hybridized carbons (Fsp3) is 0.100. The lowest BCUT2D eigenvalue weighted by Crippen LogP contribution is -2.01. The average molecular weight is 394 g/mol. The molecule has 7 heteroatoms. The first kappa shape index (κ1) is 17.7. The van der Waals surface area contributed by atoms with E-state index in [0.29, 0.717) is 17.3 Å². The molecule has 0 aliphatic carbocycles. The summed E-state index contributed by atoms with van der Waals surface area (Å²) in [5, 5.41) is 11.3. The first-order chi connectivity index (χ1) is 13.3. The predicted octanol–water partition coefficient (Wildman–Crippen LogP) is 5.02. The van der Waals surface area contributed by atoms with Crippen LogP contribution in [0.1, 0.15) is 5.56 Å². The van der Waals surface area contributed by atoms with E-state index in [4.69, 9.17) is 11.6 Å². The number of aromatic nitrogens is 5. The Morgan fingerprint density at radius 2 is 1.93 bits per heavy atom. The van der Waals surface area contributed by atoms with Gasteiger partial charge >= 0.3 is 0 Å². The van der Waals surface area contributed by atoms with Crippen molar-refractivity contribution in [1.29, 1.82) is 0 Å². The first-order valence-electron chi connectivity index (χ1n) is 8.37. The summed E-state index contributed by atoms with van der Waals surface area (Å²) in [6.07, 6.45) is 7.12. The number of benzene rings is 1. The van der Waals surface area contributed by atoms with E-state index in [9.17, 15) is 0 Å². The van der Waals surface area contributed by atoms with Crippen molar-refractivity contribution in [3.63, 3.8) is 0 Å². The Balaban J connectivity index is 1.67. The van der Waals surface area contributed by atoms with Gasteiger partial charge in [0.15, 0.2) is 11.0 Å². The normalized spacial score (nSPS) is 11.0. The minimum Gasteiger partial charge on any atom is -0.298 e. The Kier molecular flexibility index (Phi) is 5.18. The molecule has 0 atom stereocenters. The van der Waals surface area contributed by atoms with Gasteiger partial charge < -0.3 is 0 Å². The van der Waals surface area contributed by atoms with Gasteiger partial charge in [-0.3, -0.25) is 14.5 Å². The highest BCUT2D eigenvalue weighted by Crippen LogP contribution is 2.32. The number of hydrogen-bond donors (Lipinski definition) is 0. The van der Waals surface area contributed by atoms with E-state index < -0.39 is 0 Å². The van der Waals surface area contributed by atoms with E-state index in [0.717, 1.165) is 33.0 Å². The van der Waals surface area contributed by atoms with Gasteiger partial charge in [-0.05, 0) is 24.3 Å². The zero-order chi connectivity index (χ0) is 18.6. The van der Waals surface area contributed by atoms with Crippen LogP contribution < -0.4 is 0 Å². The lowest BCUT2D eigenvalue weighted by atomic mass is 10.1. The lowest BCUT2D eigenvalue weighted by Gasteiger charge is -2.10. The highest BCUT2D eigenvalue weighted by molar-refractivity contribution is 7.98. The summed E-state index contributed by atoms with van der Waals surface area (Å²) in [5.41, 5.74) is 2.89. The molecule has 27 heavy (non-hydrogen) atoms. The van der Waals surface area contributed by atoms with Gasteiger partial charge in [0.2, 0.25) is 0 Å². The molecule has 0 radical (unpaired) electrons. The number of fused-ring (bicyclic) bond motifs is 1. The van der Waals surface area contributed by atoms with Gasteiger partial charge in [-0.1, -0.05) is 41.6 Å². The Morgan fingerprint density at radius 3 is 2.74 bits per heavy atom. The van der Waals surface area contributed by atoms with E-state index in [1.807, 2.05) is 47.0 Å². The third kappa shape index (κ3) is 3.59. The standard InChI is InChI=1S/C20H16ClN5S/c1-2-12-26-19(15-7-10-22-11-8-15)24-25-20(26)27-13-16-17(21)6-5-14-4-3-9-23-18(14)16/h2-11H,1,12-13H2. The van der Waals surface area contributed by atoms with Crippen LogP contribution in [0.4, 0.5) is 0 Å². The molecule has 0 amide bonds. The number of halogens is 1. The van der Waals surface area contributed by atoms with Crippen LogP contribution in [0.25, 0.3) is 22.3 Å². The van der Waals surface area contributed by atoms with Crippen molar-refractivity contribution in [2.75, 3.05) is 0 Å². The van der Waals surface area contributed by atoms with Gasteiger partial charge in [-0.15, -0.1) is 16.8 Å². The summed E-state index contributed by atoms with van der Waals surface area (Å²) in [7, 11) is 0. The highest BCUT2D eigenvalue weighted by atomic mass is 35.5. The Labute approximate surface area is 166 Å². The molecule has 0 N–H and O–H groups in total. The number of allylic oxidation sites excluding steroid dienone is 1. The number of nitrogens with zero attached hydrogens (tertiary/aromatic N) is 5. The van der Waals surface area contributed by atoms with Gasteiger partial charge in [0.1, 0.15) is 0 Å². The molecule has 0 aliphatic heterocycles. The summed E-state index contributed by atoms with van der Waals surface area (Å²) in [5.74, 6) is 1.45. The molecule has 0 bridgehead atoms. The van der Waals surface area contributed by atoms with Crippen LogP contribution in [0.5, 0.6) is 0 Å². The molecule has 4 aromatic rings. The fourth-order valence-electron chi connectivity index (χ4n) is 2.86. The molecular weight excluding hydrogens is 378 g/mol. The van der Waals surface area contributed by atoms with Gasteiger partial charge in [0, 0.05) is 52.4 Å². The first-order valence-corrected chi connectivity index (χ1v) is 9.73. The Morgan fingerprint density at radius 1 is 1.07 bits per heavy atom. The Bertz CT molecular complexity index is 1090. The second-order valence-electron chi connectivity index (χ2n) is 5.83. The average Bonchev–Trinajstić information content (AvgIpc) is 3.11. The minimum atomic E-state index is 0.620. The third-order valence-electron chi connectivity index (χ3n) is 4.13. The molecule has 3 heterocycles. The zero-order valence-electron chi connectivity index (χ0n) is 14.4. The van der Waals surface area contributed by atoms with Gasteiger partial charge in [-0.2, -0.15) is 0 Å². The van der Waals surface area contributed by atoms with E-state index in [2.05, 4.69) is 26.7 Å². The van der Waals surface area contributed by atoms with E-state index in [1.165, 1.54) is 0 Å². The van der Waals surface area contributed by atoms with Crippen molar-refractivity contribution in [2.45, 2.75) is 17.5 Å². The summed E-state index contributed by atoms with van der Waals surface area (Å²) in [4.78, 5) is 8.57. The van der Waals surface area contributed by atoms with Crippen molar-refractivity contribution in [1.82, 2.24) is 24.7 Å². The summed E-state index contributed by atoms with van der Waals surface area (Å²) >= 11 is 8.04. The SMILES string of the molecule is C=CCn1c(SCc2c(Cl)ccc3cccnc23)nnc1-c1ccncc1. The summed E-state index contributed by atoms with van der Waals surface area (Å²) in [6.45, 7) is 4.48. The van der Waals surface area contributed by atoms with E-state index >= 15 is 0 Å². The van der Waals surface area contributed by atoms with Crippen LogP contribution in [-0.2, 0) is 12.3 Å². The monoisotopic (exact) mass is 393 g/mol. The molecular formula is C20H16ClN5S. The van der Waals surface area contributed by atoms with Crippen molar-refractivity contribution < 1.29 is 0 Å². The van der Waals surface area contributed by atoms with Gasteiger partial charge in [-0.25, -0.2) is 0 Å². The van der Waals surface area contributed by atoms with Crippen molar-refractivity contribution >= 4 is 34.3 Å². The third-order valence-corrected chi connectivity index (χ3v) is 5.48. The maximum Gasteiger partial charge on any atom is 0.192 e. The fourth-order valence-corrected chi connectivity index (χ4v) is 4.14. The van der Waals surface area contributed by atoms with Crippen molar-refractivity contribution in [3.05, 3.63) is 78.2 Å². The number of pyridine rings is 2. The molecule has 3 aromatic heterocycles. The molecule has 134 valence electrons. The maximum atomic E-state index is 6.45. The molecule has 5 nitrogen and oxygen atoms in total. The van der Waals surface area contributed by atoms with Crippen LogP contribution in [0.3, 0.4) is 0 Å². The number of rotatable bonds is 6. The largest absolute Gasteiger partial charge is 0.298 e. The second-order valence-corrected chi connectivity index (χ2v) is 7.18. The Hall–Kier alpha value is -2.70. The van der Waals surface area contributed by atoms with Crippen molar-refractivity contribution in [2.24, 2.45) is 0 Å².